The molecule has 1 saturated heterocycles. The van der Waals surface area contributed by atoms with E-state index in [1.54, 1.807) is 0 Å². The van der Waals surface area contributed by atoms with E-state index in [4.69, 9.17) is 18.9 Å². The summed E-state index contributed by atoms with van der Waals surface area (Å²) in [6.07, 6.45) is -7.58. The van der Waals surface area contributed by atoms with Crippen LogP contribution in [0.2, 0.25) is 18.6 Å². The van der Waals surface area contributed by atoms with Crippen molar-refractivity contribution in [2.75, 3.05) is 6.79 Å². The van der Waals surface area contributed by atoms with Gasteiger partial charge in [0.2, 0.25) is 0 Å². The van der Waals surface area contributed by atoms with Gasteiger partial charge in [-0.05, 0) is 66.0 Å². The molecule has 8 nitrogen and oxygen atoms in total. The number of benzene rings is 3. The summed E-state index contributed by atoms with van der Waals surface area (Å²) in [4.78, 5) is 12.7. The summed E-state index contributed by atoms with van der Waals surface area (Å²) in [6, 6.07) is 22.7. The summed E-state index contributed by atoms with van der Waals surface area (Å²) in [7, 11) is -9.42. The van der Waals surface area contributed by atoms with Gasteiger partial charge in [-0.2, -0.15) is 47.9 Å². The van der Waals surface area contributed by atoms with Crippen LogP contribution < -0.4 is 9.37 Å². The summed E-state index contributed by atoms with van der Waals surface area (Å²) < 4.78 is 177. The molecular weight excluding hydrogens is 852 g/mol. The van der Waals surface area contributed by atoms with E-state index in [0.29, 0.717) is 24.8 Å². The molecule has 3 aromatic rings. The fraction of sp³-hybridized carbons (Fsp3) is 0.537. The lowest BCUT2D eigenvalue weighted by atomic mass is 9.47. The smallest absolute Gasteiger partial charge is 0.459 e. The third kappa shape index (κ3) is 6.93. The molecule has 1 aliphatic heterocycles. The van der Waals surface area contributed by atoms with Crippen LogP contribution in [-0.4, -0.2) is 76.4 Å². The molecule has 0 amide bonds. The summed E-state index contributed by atoms with van der Waals surface area (Å²) in [6.45, 7) is 8.09. The normalized spacial score (nSPS) is 29.4. The number of esters is 1. The van der Waals surface area contributed by atoms with Crippen LogP contribution in [0, 0.1) is 11.3 Å². The minimum Gasteiger partial charge on any atom is -0.459 e. The summed E-state index contributed by atoms with van der Waals surface area (Å²) in [5, 5.41) is -5.79. The van der Waals surface area contributed by atoms with Crippen LogP contribution in [0.5, 0.6) is 5.75 Å². The molecule has 19 heteroatoms. The summed E-state index contributed by atoms with van der Waals surface area (Å²) in [5.74, 6) is -17.6. The Morgan fingerprint density at radius 3 is 2.15 bits per heavy atom. The molecule has 328 valence electrons. The molecule has 0 N–H and O–H groups in total. The predicted molar refractivity (Wildman–Crippen MR) is 200 cm³/mol. The molecule has 4 aliphatic rings. The Kier molecular flexibility index (Phi) is 11.1. The third-order valence-electron chi connectivity index (χ3n) is 13.4. The van der Waals surface area contributed by atoms with Crippen molar-refractivity contribution in [3.63, 3.8) is 0 Å². The standard InChI is InChI=1S/C41H43F9O8SSi/c1-24(51)56-34-33-30-17-16-27(58-59(52,53)41(49,50)39(44,45)38(42,43)40(46,47)48)19-26(30)15-18-31(33)36(2)32(55-23-54-22-25-11-7-5-8-12-25)20-29(21-37(36)35(34)57-37)60(3,4)28-13-9-6-10-14-28/h5-14,16-17,19,29,31-35H,15,18,20-23H2,1-4H3/t29-,31-,32-,33-,34-,35-,36-,37-/m0/s1. The van der Waals surface area contributed by atoms with Crippen molar-refractivity contribution >= 4 is 29.3 Å². The van der Waals surface area contributed by atoms with Crippen LogP contribution in [0.1, 0.15) is 55.7 Å². The van der Waals surface area contributed by atoms with Crippen LogP contribution in [0.3, 0.4) is 0 Å². The third-order valence-corrected chi connectivity index (χ3v) is 19.0. The maximum absolute atomic E-state index is 14.6. The van der Waals surface area contributed by atoms with E-state index in [1.807, 2.05) is 48.5 Å². The molecule has 1 spiro atoms. The van der Waals surface area contributed by atoms with Crippen molar-refractivity contribution in [1.82, 2.24) is 0 Å². The highest BCUT2D eigenvalue weighted by Crippen LogP contribution is 2.74. The van der Waals surface area contributed by atoms with Crippen molar-refractivity contribution in [2.45, 2.75) is 118 Å². The molecule has 0 aromatic heterocycles. The molecule has 0 unspecified atom stereocenters. The largest absolute Gasteiger partial charge is 0.460 e. The second-order valence-electron chi connectivity index (χ2n) is 16.8. The Hall–Kier alpha value is -3.65. The van der Waals surface area contributed by atoms with Gasteiger partial charge in [-0.15, -0.1) is 0 Å². The average Bonchev–Trinajstić information content (AvgIpc) is 3.91. The van der Waals surface area contributed by atoms with E-state index in [2.05, 4.69) is 36.3 Å². The van der Waals surface area contributed by atoms with Crippen molar-refractivity contribution in [3.8, 4) is 5.75 Å². The van der Waals surface area contributed by atoms with E-state index in [-0.39, 0.29) is 36.8 Å². The van der Waals surface area contributed by atoms with Gasteiger partial charge < -0.3 is 23.1 Å². The first-order chi connectivity index (χ1) is 27.8. The van der Waals surface area contributed by atoms with Crippen LogP contribution in [-0.2, 0) is 46.9 Å². The number of hydrogen-bond acceptors (Lipinski definition) is 8. The van der Waals surface area contributed by atoms with Gasteiger partial charge in [0.05, 0.1) is 20.8 Å². The molecular formula is C41H43F9O8SSi. The van der Waals surface area contributed by atoms with E-state index >= 15 is 0 Å². The Morgan fingerprint density at radius 1 is 0.900 bits per heavy atom. The Labute approximate surface area is 341 Å². The molecule has 3 fully saturated rings. The number of fused-ring (bicyclic) bond motifs is 4. The number of carbonyl (C=O) groups is 1. The molecule has 8 atom stereocenters. The van der Waals surface area contributed by atoms with E-state index in [1.165, 1.54) is 18.2 Å². The Morgan fingerprint density at radius 2 is 1.53 bits per heavy atom. The Bertz CT molecular complexity index is 2190. The number of rotatable bonds is 13. The zero-order chi connectivity index (χ0) is 43.9. The van der Waals surface area contributed by atoms with Gasteiger partial charge >= 0.3 is 39.4 Å². The maximum Gasteiger partial charge on any atom is 0.460 e. The number of aryl methyl sites for hydroxylation is 1. The lowest BCUT2D eigenvalue weighted by Crippen LogP contribution is -2.66. The number of epoxide rings is 1. The van der Waals surface area contributed by atoms with E-state index in [9.17, 15) is 52.7 Å². The zero-order valence-corrected chi connectivity index (χ0v) is 34.6. The minimum absolute atomic E-state index is 0.0644. The first kappa shape index (κ1) is 44.4. The highest BCUT2D eigenvalue weighted by atomic mass is 32.2. The van der Waals surface area contributed by atoms with Gasteiger partial charge in [-0.1, -0.05) is 91.9 Å². The zero-order valence-electron chi connectivity index (χ0n) is 32.8. The van der Waals surface area contributed by atoms with Crippen LogP contribution >= 0.6 is 0 Å². The summed E-state index contributed by atoms with van der Waals surface area (Å²) in [5.41, 5.74) is 0.180. The average molecular weight is 895 g/mol. The first-order valence-corrected chi connectivity index (χ1v) is 23.7. The second kappa shape index (κ2) is 15.0. The minimum atomic E-state index is -7.45. The maximum atomic E-state index is 14.6. The van der Waals surface area contributed by atoms with E-state index in [0.717, 1.165) is 17.7 Å². The molecule has 2 saturated carbocycles. The van der Waals surface area contributed by atoms with Crippen LogP contribution in [0.15, 0.2) is 78.9 Å². The molecule has 3 aliphatic carbocycles. The number of halogens is 9. The van der Waals surface area contributed by atoms with E-state index < -0.39 is 88.4 Å². The summed E-state index contributed by atoms with van der Waals surface area (Å²) >= 11 is 0. The van der Waals surface area contributed by atoms with Gasteiger partial charge in [0, 0.05) is 18.3 Å². The van der Waals surface area contributed by atoms with Gasteiger partial charge in [0.25, 0.3) is 0 Å². The lowest BCUT2D eigenvalue weighted by molar-refractivity contribution is -0.382. The van der Waals surface area contributed by atoms with Gasteiger partial charge in [0.1, 0.15) is 30.4 Å². The Balaban J connectivity index is 1.23. The SMILES string of the molecule is CC(=O)O[C@H]1[C@H]2c3ccc(OS(=O)(=O)C(F)(F)C(F)(F)C(F)(F)C(F)(F)F)cc3CC[C@@H]2[C@@]2(C)[C@@H](OCOCc3ccccc3)C[C@H]([Si](C)(C)c3ccccc3)C[C@@]23O[C@@H]13. The molecule has 1 heterocycles. The molecule has 60 heavy (non-hydrogen) atoms. The number of alkyl halides is 9. The molecule has 3 aromatic carbocycles. The monoisotopic (exact) mass is 894 g/mol. The van der Waals surface area contributed by atoms with Crippen LogP contribution in [0.25, 0.3) is 0 Å². The first-order valence-electron chi connectivity index (χ1n) is 19.2. The van der Waals surface area contributed by atoms with Crippen molar-refractivity contribution in [2.24, 2.45) is 11.3 Å². The van der Waals surface area contributed by atoms with Crippen LogP contribution in [0.4, 0.5) is 39.5 Å². The van der Waals surface area contributed by atoms with Crippen molar-refractivity contribution in [1.29, 1.82) is 0 Å². The quantitative estimate of drug-likeness (QED) is 0.0319. The van der Waals surface area contributed by atoms with Gasteiger partial charge in [-0.25, -0.2) is 0 Å². The second-order valence-corrected chi connectivity index (χ2v) is 23.3. The number of ether oxygens (including phenoxy) is 4. The number of carbonyl (C=O) groups excluding carboxylic acids is 1. The van der Waals surface area contributed by atoms with Gasteiger partial charge in [0.15, 0.2) is 0 Å². The topological polar surface area (TPSA) is 101 Å². The van der Waals surface area contributed by atoms with Crippen molar-refractivity contribution in [3.05, 3.63) is 95.6 Å². The number of hydrogen-bond donors (Lipinski definition) is 0. The van der Waals surface area contributed by atoms with Gasteiger partial charge in [-0.3, -0.25) is 4.79 Å². The highest BCUT2D eigenvalue weighted by molar-refractivity contribution is 7.88. The fourth-order valence-corrected chi connectivity index (χ4v) is 14.1. The molecule has 7 rings (SSSR count). The molecule has 0 radical (unpaired) electrons. The fourth-order valence-electron chi connectivity index (χ4n) is 10.1. The molecule has 0 bridgehead atoms. The predicted octanol–water partition coefficient (Wildman–Crippen LogP) is 8.90. The van der Waals surface area contributed by atoms with Crippen molar-refractivity contribution < 1.29 is 75.9 Å². The highest BCUT2D eigenvalue weighted by Gasteiger charge is 2.86. The lowest BCUT2D eigenvalue weighted by Gasteiger charge is -2.60.